The number of hydrogen-bond donors (Lipinski definition) is 1. The zero-order valence-corrected chi connectivity index (χ0v) is 16.4. The summed E-state index contributed by atoms with van der Waals surface area (Å²) in [5.41, 5.74) is 1.61. The summed E-state index contributed by atoms with van der Waals surface area (Å²) in [5, 5.41) is -0.228. The van der Waals surface area contributed by atoms with Crippen molar-refractivity contribution in [2.24, 2.45) is 0 Å². The van der Waals surface area contributed by atoms with E-state index in [2.05, 4.69) is 4.90 Å². The highest BCUT2D eigenvalue weighted by atomic mass is 32.2. The van der Waals surface area contributed by atoms with E-state index in [0.29, 0.717) is 18.7 Å². The zero-order chi connectivity index (χ0) is 19.5. The van der Waals surface area contributed by atoms with Crippen molar-refractivity contribution >= 4 is 23.4 Å². The Hall–Kier alpha value is -2.12. The maximum Gasteiger partial charge on any atom is 0.278 e. The number of thioether (sulfide) groups is 1. The topological polar surface area (TPSA) is 28.0 Å². The summed E-state index contributed by atoms with van der Waals surface area (Å²) in [6, 6.07) is 13.3. The fourth-order valence-electron chi connectivity index (χ4n) is 3.88. The fourth-order valence-corrected chi connectivity index (χ4v) is 5.18. The van der Waals surface area contributed by atoms with Gasteiger partial charge in [-0.3, -0.25) is 4.79 Å². The van der Waals surface area contributed by atoms with Crippen molar-refractivity contribution in [3.63, 3.8) is 0 Å². The number of carbonyl (C=O) groups excluding carboxylic acids is 1. The van der Waals surface area contributed by atoms with E-state index in [1.807, 2.05) is 11.0 Å². The third-order valence-corrected chi connectivity index (χ3v) is 6.69. The number of rotatable bonds is 4. The van der Waals surface area contributed by atoms with Crippen LogP contribution in [0.3, 0.4) is 0 Å². The largest absolute Gasteiger partial charge is 0.360 e. The Morgan fingerprint density at radius 3 is 2.46 bits per heavy atom. The lowest BCUT2D eigenvalue weighted by atomic mass is 10.2. The van der Waals surface area contributed by atoms with Crippen LogP contribution in [0.1, 0.15) is 10.9 Å². The predicted molar refractivity (Wildman–Crippen MR) is 107 cm³/mol. The van der Waals surface area contributed by atoms with E-state index >= 15 is 0 Å². The number of nitrogens with one attached hydrogen (secondary N) is 1. The van der Waals surface area contributed by atoms with Crippen LogP contribution < -0.4 is 9.80 Å². The molecule has 4 rings (SSSR count). The number of halogens is 2. The molecule has 4 nitrogen and oxygen atoms in total. The van der Waals surface area contributed by atoms with E-state index in [4.69, 9.17) is 0 Å². The van der Waals surface area contributed by atoms with Crippen molar-refractivity contribution in [2.45, 2.75) is 5.37 Å². The molecule has 2 aromatic carbocycles. The molecule has 2 aliphatic heterocycles. The molecule has 0 radical (unpaired) electrons. The highest BCUT2D eigenvalue weighted by Gasteiger charge is 2.34. The number of piperazine rings is 1. The van der Waals surface area contributed by atoms with Gasteiger partial charge in [-0.25, -0.2) is 8.78 Å². The number of quaternary nitrogens is 1. The molecular weight excluding hydrogens is 380 g/mol. The first-order valence-corrected chi connectivity index (χ1v) is 10.7. The maximum atomic E-state index is 14.2. The lowest BCUT2D eigenvalue weighted by molar-refractivity contribution is -0.892. The molecule has 2 aromatic rings. The van der Waals surface area contributed by atoms with Crippen molar-refractivity contribution in [1.29, 1.82) is 0 Å². The van der Waals surface area contributed by atoms with Crippen LogP contribution in [0.4, 0.5) is 14.5 Å². The molecule has 0 unspecified atom stereocenters. The second-order valence-corrected chi connectivity index (χ2v) is 8.41. The van der Waals surface area contributed by atoms with Gasteiger partial charge in [-0.05, 0) is 30.3 Å². The third-order valence-electron chi connectivity index (χ3n) is 5.45. The normalized spacial score (nSPS) is 20.6. The van der Waals surface area contributed by atoms with Crippen LogP contribution >= 0.6 is 11.8 Å². The van der Waals surface area contributed by atoms with Gasteiger partial charge in [-0.1, -0.05) is 18.2 Å². The van der Waals surface area contributed by atoms with E-state index in [1.54, 1.807) is 36.0 Å². The first kappa shape index (κ1) is 19.2. The second kappa shape index (κ2) is 8.49. The highest BCUT2D eigenvalue weighted by molar-refractivity contribution is 7.99. The van der Waals surface area contributed by atoms with Gasteiger partial charge >= 0.3 is 0 Å². The number of nitrogens with zero attached hydrogens (tertiary/aromatic N) is 2. The quantitative estimate of drug-likeness (QED) is 0.844. The molecule has 28 heavy (non-hydrogen) atoms. The smallest absolute Gasteiger partial charge is 0.278 e. The summed E-state index contributed by atoms with van der Waals surface area (Å²) in [7, 11) is 0. The lowest BCUT2D eigenvalue weighted by Crippen LogP contribution is -3.15. The zero-order valence-electron chi connectivity index (χ0n) is 15.6. The second-order valence-electron chi connectivity index (χ2n) is 7.22. The van der Waals surface area contributed by atoms with Crippen molar-refractivity contribution < 1.29 is 18.5 Å². The average molecular weight is 405 g/mol. The molecule has 1 atom stereocenters. The van der Waals surface area contributed by atoms with Crippen LogP contribution in [0.25, 0.3) is 0 Å². The van der Waals surface area contributed by atoms with Crippen LogP contribution in [0.5, 0.6) is 0 Å². The minimum absolute atomic E-state index is 0.0866. The van der Waals surface area contributed by atoms with E-state index in [0.717, 1.165) is 37.6 Å². The van der Waals surface area contributed by atoms with Gasteiger partial charge in [0.2, 0.25) is 0 Å². The summed E-state index contributed by atoms with van der Waals surface area (Å²) >= 11 is 1.62. The van der Waals surface area contributed by atoms with Crippen molar-refractivity contribution in [1.82, 2.24) is 4.90 Å². The van der Waals surface area contributed by atoms with Crippen LogP contribution in [-0.4, -0.2) is 55.8 Å². The average Bonchev–Trinajstić information content (AvgIpc) is 3.19. The summed E-state index contributed by atoms with van der Waals surface area (Å²) < 4.78 is 27.3. The predicted octanol–water partition coefficient (Wildman–Crippen LogP) is 1.94. The molecule has 0 aromatic heterocycles. The van der Waals surface area contributed by atoms with Crippen LogP contribution in [0.15, 0.2) is 48.5 Å². The van der Waals surface area contributed by atoms with E-state index in [9.17, 15) is 13.6 Å². The van der Waals surface area contributed by atoms with Crippen molar-refractivity contribution in [3.05, 3.63) is 65.7 Å². The van der Waals surface area contributed by atoms with Gasteiger partial charge in [-0.2, -0.15) is 0 Å². The number of amides is 1. The van der Waals surface area contributed by atoms with Crippen molar-refractivity contribution in [3.8, 4) is 0 Å². The molecule has 2 saturated heterocycles. The Labute approximate surface area is 168 Å². The van der Waals surface area contributed by atoms with E-state index < -0.39 is 0 Å². The third kappa shape index (κ3) is 4.15. The molecule has 148 valence electrons. The monoisotopic (exact) mass is 404 g/mol. The number of hydrogen-bond acceptors (Lipinski definition) is 3. The summed E-state index contributed by atoms with van der Waals surface area (Å²) in [5.74, 6) is 0.438. The van der Waals surface area contributed by atoms with Crippen LogP contribution in [-0.2, 0) is 4.79 Å². The molecule has 2 aliphatic rings. The van der Waals surface area contributed by atoms with Gasteiger partial charge in [-0.15, -0.1) is 11.8 Å². The van der Waals surface area contributed by atoms with E-state index in [1.165, 1.54) is 23.1 Å². The Kier molecular flexibility index (Phi) is 5.82. The molecule has 1 amide bonds. The Bertz CT molecular complexity index is 825. The molecule has 0 aliphatic carbocycles. The minimum Gasteiger partial charge on any atom is -0.360 e. The SMILES string of the molecule is O=C(C[NH+]1CCN(c2ccc(F)cc2)CC1)N1CCS[C@@H]1c1ccccc1F. The standard InChI is InChI=1S/C21H23F2N3OS/c22-16-5-7-17(8-6-16)25-11-9-24(10-12-25)15-20(27)26-13-14-28-21(26)18-3-1-2-4-19(18)23/h1-8,21H,9-15H2/p+1/t21-/m1/s1. The summed E-state index contributed by atoms with van der Waals surface area (Å²) in [6.07, 6.45) is 0. The number of anilines is 1. The minimum atomic E-state index is -0.250. The molecule has 2 fully saturated rings. The summed E-state index contributed by atoms with van der Waals surface area (Å²) in [6.45, 7) is 4.47. The van der Waals surface area contributed by atoms with Gasteiger partial charge < -0.3 is 14.7 Å². The first-order chi connectivity index (χ1) is 13.6. The molecule has 0 saturated carbocycles. The van der Waals surface area contributed by atoms with Crippen LogP contribution in [0.2, 0.25) is 0 Å². The Balaban J connectivity index is 1.34. The Morgan fingerprint density at radius 2 is 1.75 bits per heavy atom. The molecule has 0 spiro atoms. The summed E-state index contributed by atoms with van der Waals surface area (Å²) in [4.78, 5) is 18.2. The molecule has 7 heteroatoms. The number of benzene rings is 2. The molecule has 1 N–H and O–H groups in total. The van der Waals surface area contributed by atoms with Gasteiger partial charge in [0.05, 0.1) is 26.2 Å². The van der Waals surface area contributed by atoms with E-state index in [-0.39, 0.29) is 22.9 Å². The maximum absolute atomic E-state index is 14.2. The van der Waals surface area contributed by atoms with Gasteiger partial charge in [0.1, 0.15) is 17.0 Å². The highest BCUT2D eigenvalue weighted by Crippen LogP contribution is 2.38. The van der Waals surface area contributed by atoms with Crippen LogP contribution in [0, 0.1) is 11.6 Å². The molecule has 0 bridgehead atoms. The molecular formula is C21H24F2N3OS+. The first-order valence-electron chi connectivity index (χ1n) is 9.61. The van der Waals surface area contributed by atoms with Gasteiger partial charge in [0.15, 0.2) is 6.54 Å². The lowest BCUT2D eigenvalue weighted by Gasteiger charge is -2.34. The van der Waals surface area contributed by atoms with Gasteiger partial charge in [0.25, 0.3) is 5.91 Å². The Morgan fingerprint density at radius 1 is 1.04 bits per heavy atom. The van der Waals surface area contributed by atoms with Crippen molar-refractivity contribution in [2.75, 3.05) is 49.9 Å². The fraction of sp³-hybridized carbons (Fsp3) is 0.381. The van der Waals surface area contributed by atoms with Gasteiger partial charge in [0, 0.05) is 23.5 Å². The molecule has 2 heterocycles. The number of carbonyl (C=O) groups is 1.